The zero-order valence-electron chi connectivity index (χ0n) is 10.4. The van der Waals surface area contributed by atoms with Crippen molar-refractivity contribution in [3.63, 3.8) is 0 Å². The average molecular weight is 285 g/mol. The van der Waals surface area contributed by atoms with Crippen molar-refractivity contribution in [1.82, 2.24) is 10.0 Å². The van der Waals surface area contributed by atoms with E-state index in [2.05, 4.69) is 15.4 Å². The summed E-state index contributed by atoms with van der Waals surface area (Å²) in [4.78, 5) is 12.9. The van der Waals surface area contributed by atoms with E-state index in [0.29, 0.717) is 0 Å². The standard InChI is InChI=1S/C12H19N3OS2/c1-8-6-17-7-11(8)18-15-12(16)14-10-5-3-2-4-9(10)13/h6-7,9-10H,2-5,13H2,1H3,(H2,14,15,16). The highest BCUT2D eigenvalue weighted by atomic mass is 32.2. The van der Waals surface area contributed by atoms with E-state index in [4.69, 9.17) is 5.73 Å². The van der Waals surface area contributed by atoms with Crippen LogP contribution in [0.4, 0.5) is 4.79 Å². The topological polar surface area (TPSA) is 67.2 Å². The van der Waals surface area contributed by atoms with E-state index >= 15 is 0 Å². The molecule has 0 saturated heterocycles. The molecule has 2 rings (SSSR count). The average Bonchev–Trinajstić information content (AvgIpc) is 2.75. The van der Waals surface area contributed by atoms with Crippen LogP contribution in [0.15, 0.2) is 15.7 Å². The highest BCUT2D eigenvalue weighted by molar-refractivity contribution is 7.98. The number of thiophene rings is 1. The summed E-state index contributed by atoms with van der Waals surface area (Å²) in [6.07, 6.45) is 4.30. The van der Waals surface area contributed by atoms with E-state index in [1.807, 2.05) is 12.3 Å². The molecule has 2 amide bonds. The van der Waals surface area contributed by atoms with E-state index < -0.39 is 0 Å². The van der Waals surface area contributed by atoms with Crippen LogP contribution in [-0.2, 0) is 0 Å². The van der Waals surface area contributed by atoms with Crippen LogP contribution in [0.2, 0.25) is 0 Å². The van der Waals surface area contributed by atoms with Crippen LogP contribution in [0.3, 0.4) is 0 Å². The lowest BCUT2D eigenvalue weighted by molar-refractivity contribution is 0.234. The molecular weight excluding hydrogens is 266 g/mol. The number of carbonyl (C=O) groups is 1. The molecule has 2 unspecified atom stereocenters. The Morgan fingerprint density at radius 1 is 1.44 bits per heavy atom. The summed E-state index contributed by atoms with van der Waals surface area (Å²) < 4.78 is 2.81. The van der Waals surface area contributed by atoms with Crippen LogP contribution < -0.4 is 15.8 Å². The van der Waals surface area contributed by atoms with Gasteiger partial charge in [0.25, 0.3) is 0 Å². The molecule has 0 aliphatic heterocycles. The van der Waals surface area contributed by atoms with E-state index in [1.165, 1.54) is 23.9 Å². The molecule has 0 radical (unpaired) electrons. The van der Waals surface area contributed by atoms with Gasteiger partial charge in [-0.25, -0.2) is 4.79 Å². The van der Waals surface area contributed by atoms with Gasteiger partial charge in [-0.15, -0.1) is 0 Å². The van der Waals surface area contributed by atoms with Gasteiger partial charge in [-0.05, 0) is 42.7 Å². The van der Waals surface area contributed by atoms with Crippen molar-refractivity contribution in [3.05, 3.63) is 16.3 Å². The summed E-state index contributed by atoms with van der Waals surface area (Å²) in [5.41, 5.74) is 7.19. The fraction of sp³-hybridized carbons (Fsp3) is 0.583. The molecule has 1 fully saturated rings. The van der Waals surface area contributed by atoms with Gasteiger partial charge in [-0.2, -0.15) is 11.3 Å². The number of rotatable bonds is 3. The maximum atomic E-state index is 11.8. The lowest BCUT2D eigenvalue weighted by atomic mass is 9.91. The fourth-order valence-electron chi connectivity index (χ4n) is 2.09. The molecule has 6 heteroatoms. The van der Waals surface area contributed by atoms with Crippen molar-refractivity contribution in [2.75, 3.05) is 0 Å². The predicted octanol–water partition coefficient (Wildman–Crippen LogP) is 2.63. The number of carbonyl (C=O) groups excluding carboxylic acids is 1. The van der Waals surface area contributed by atoms with Crippen LogP contribution in [0.25, 0.3) is 0 Å². The second-order valence-electron chi connectivity index (χ2n) is 4.65. The summed E-state index contributed by atoms with van der Waals surface area (Å²) in [6.45, 7) is 2.04. The van der Waals surface area contributed by atoms with E-state index in [0.717, 1.165) is 24.2 Å². The number of hydrogen-bond acceptors (Lipinski definition) is 4. The first-order chi connectivity index (χ1) is 8.66. The van der Waals surface area contributed by atoms with Crippen molar-refractivity contribution in [3.8, 4) is 0 Å². The van der Waals surface area contributed by atoms with Gasteiger partial charge in [-0.1, -0.05) is 12.8 Å². The minimum absolute atomic E-state index is 0.0948. The predicted molar refractivity (Wildman–Crippen MR) is 76.8 cm³/mol. The summed E-state index contributed by atoms with van der Waals surface area (Å²) in [6, 6.07) is 0.0632. The molecular formula is C12H19N3OS2. The summed E-state index contributed by atoms with van der Waals surface area (Å²) in [7, 11) is 0. The van der Waals surface area contributed by atoms with Crippen molar-refractivity contribution in [2.24, 2.45) is 5.73 Å². The lowest BCUT2D eigenvalue weighted by Crippen LogP contribution is -2.51. The van der Waals surface area contributed by atoms with Gasteiger partial charge in [-0.3, -0.25) is 4.72 Å². The Kier molecular flexibility index (Phi) is 4.91. The first-order valence-corrected chi connectivity index (χ1v) is 7.94. The molecule has 4 N–H and O–H groups in total. The molecule has 1 aliphatic rings. The van der Waals surface area contributed by atoms with Gasteiger partial charge in [0.05, 0.1) is 0 Å². The Balaban J connectivity index is 1.76. The van der Waals surface area contributed by atoms with Crippen LogP contribution in [0.5, 0.6) is 0 Å². The molecule has 100 valence electrons. The second kappa shape index (κ2) is 6.45. The molecule has 1 saturated carbocycles. The highest BCUT2D eigenvalue weighted by Crippen LogP contribution is 2.23. The number of nitrogens with two attached hydrogens (primary N) is 1. The van der Waals surface area contributed by atoms with Crippen molar-refractivity contribution in [2.45, 2.75) is 49.6 Å². The van der Waals surface area contributed by atoms with Gasteiger partial charge in [0.2, 0.25) is 0 Å². The Morgan fingerprint density at radius 3 is 2.89 bits per heavy atom. The minimum atomic E-state index is -0.145. The van der Waals surface area contributed by atoms with E-state index in [9.17, 15) is 4.79 Å². The Bertz CT molecular complexity index is 408. The SMILES string of the molecule is Cc1cscc1SNC(=O)NC1CCCCC1N. The number of aryl methyl sites for hydroxylation is 1. The van der Waals surface area contributed by atoms with Gasteiger partial charge in [0, 0.05) is 22.4 Å². The normalized spacial score (nSPS) is 23.7. The molecule has 4 nitrogen and oxygen atoms in total. The van der Waals surface area contributed by atoms with Crippen molar-refractivity contribution < 1.29 is 4.79 Å². The Labute approximate surface area is 116 Å². The molecule has 0 spiro atoms. The molecule has 1 aromatic rings. The van der Waals surface area contributed by atoms with Gasteiger partial charge in [0.1, 0.15) is 0 Å². The Hall–Kier alpha value is -0.720. The molecule has 0 bridgehead atoms. The largest absolute Gasteiger partial charge is 0.333 e. The summed E-state index contributed by atoms with van der Waals surface area (Å²) in [5, 5.41) is 7.06. The van der Waals surface area contributed by atoms with Gasteiger partial charge in [0.15, 0.2) is 0 Å². The molecule has 1 aromatic heterocycles. The first-order valence-electron chi connectivity index (χ1n) is 6.18. The van der Waals surface area contributed by atoms with Crippen LogP contribution in [-0.4, -0.2) is 18.1 Å². The van der Waals surface area contributed by atoms with Crippen LogP contribution >= 0.6 is 23.3 Å². The number of urea groups is 1. The highest BCUT2D eigenvalue weighted by Gasteiger charge is 2.23. The smallest absolute Gasteiger partial charge is 0.325 e. The van der Waals surface area contributed by atoms with Crippen LogP contribution in [0.1, 0.15) is 31.2 Å². The third kappa shape index (κ3) is 3.63. The van der Waals surface area contributed by atoms with Crippen molar-refractivity contribution >= 4 is 29.3 Å². The van der Waals surface area contributed by atoms with Gasteiger partial charge >= 0.3 is 6.03 Å². The third-order valence-corrected chi connectivity index (χ3v) is 5.16. The Morgan fingerprint density at radius 2 is 2.22 bits per heavy atom. The lowest BCUT2D eigenvalue weighted by Gasteiger charge is -2.29. The fourth-order valence-corrected chi connectivity index (χ4v) is 3.72. The molecule has 18 heavy (non-hydrogen) atoms. The number of amides is 2. The van der Waals surface area contributed by atoms with Gasteiger partial charge < -0.3 is 11.1 Å². The quantitative estimate of drug-likeness (QED) is 0.748. The molecule has 1 aliphatic carbocycles. The molecule has 0 aromatic carbocycles. The maximum absolute atomic E-state index is 11.8. The third-order valence-electron chi connectivity index (χ3n) is 3.20. The molecule has 2 atom stereocenters. The number of hydrogen-bond donors (Lipinski definition) is 3. The second-order valence-corrected chi connectivity index (χ2v) is 6.24. The van der Waals surface area contributed by atoms with E-state index in [-0.39, 0.29) is 18.1 Å². The van der Waals surface area contributed by atoms with Crippen LogP contribution in [0, 0.1) is 6.92 Å². The minimum Gasteiger partial charge on any atom is -0.333 e. The monoisotopic (exact) mass is 285 g/mol. The maximum Gasteiger partial charge on any atom is 0.325 e. The van der Waals surface area contributed by atoms with Crippen molar-refractivity contribution in [1.29, 1.82) is 0 Å². The number of nitrogens with one attached hydrogen (secondary N) is 2. The zero-order chi connectivity index (χ0) is 13.0. The first kappa shape index (κ1) is 13.7. The summed E-state index contributed by atoms with van der Waals surface area (Å²) >= 11 is 3.00. The molecule has 1 heterocycles. The zero-order valence-corrected chi connectivity index (χ0v) is 12.1. The van der Waals surface area contributed by atoms with E-state index in [1.54, 1.807) is 11.3 Å². The summed E-state index contributed by atoms with van der Waals surface area (Å²) in [5.74, 6) is 0.